The second-order valence-corrected chi connectivity index (χ2v) is 5.33. The van der Waals surface area contributed by atoms with Gasteiger partial charge in [0.1, 0.15) is 17.8 Å². The zero-order valence-electron chi connectivity index (χ0n) is 12.4. The van der Waals surface area contributed by atoms with E-state index in [0.29, 0.717) is 11.3 Å². The normalized spacial score (nSPS) is 10.7. The number of furan rings is 1. The van der Waals surface area contributed by atoms with Crippen LogP contribution >= 0.6 is 0 Å². The smallest absolute Gasteiger partial charge is 0.229 e. The molecular formula is C19H11N3O. The van der Waals surface area contributed by atoms with Crippen LogP contribution in [0, 0.1) is 29.6 Å². The molecule has 4 aromatic rings. The number of para-hydroxylation sites is 2. The van der Waals surface area contributed by atoms with Crippen molar-refractivity contribution >= 4 is 21.8 Å². The molecule has 0 spiro atoms. The molecule has 2 heterocycles. The summed E-state index contributed by atoms with van der Waals surface area (Å²) in [7, 11) is 0. The van der Waals surface area contributed by atoms with E-state index in [0.717, 1.165) is 21.8 Å². The van der Waals surface area contributed by atoms with Crippen molar-refractivity contribution in [2.45, 2.75) is 6.92 Å². The van der Waals surface area contributed by atoms with Crippen molar-refractivity contribution in [2.75, 3.05) is 0 Å². The number of rotatable bonds is 1. The molecule has 0 bridgehead atoms. The molecule has 0 amide bonds. The van der Waals surface area contributed by atoms with Gasteiger partial charge in [0, 0.05) is 16.3 Å². The third kappa shape index (κ3) is 1.70. The van der Waals surface area contributed by atoms with E-state index in [4.69, 9.17) is 4.42 Å². The molecule has 2 aromatic carbocycles. The standard InChI is InChI=1S/C19H11N3O/c1-12-17(10-20)23-18(11-21)19(12)22-15-8-4-2-6-13(15)14-7-3-5-9-16(14)22/h2-9H,1H3. The van der Waals surface area contributed by atoms with E-state index in [2.05, 4.69) is 18.2 Å². The van der Waals surface area contributed by atoms with Crippen molar-refractivity contribution in [1.82, 2.24) is 4.57 Å². The van der Waals surface area contributed by atoms with E-state index in [1.54, 1.807) is 0 Å². The Kier molecular flexibility index (Phi) is 2.73. The second-order valence-electron chi connectivity index (χ2n) is 5.33. The first-order valence-electron chi connectivity index (χ1n) is 7.18. The first-order chi connectivity index (χ1) is 11.3. The minimum atomic E-state index is 0.158. The van der Waals surface area contributed by atoms with E-state index in [1.165, 1.54) is 0 Å². The molecule has 0 unspecified atom stereocenters. The van der Waals surface area contributed by atoms with E-state index >= 15 is 0 Å². The van der Waals surface area contributed by atoms with Crippen LogP contribution in [0.4, 0.5) is 0 Å². The summed E-state index contributed by atoms with van der Waals surface area (Å²) in [5.41, 5.74) is 3.29. The summed E-state index contributed by atoms with van der Waals surface area (Å²) < 4.78 is 7.43. The third-order valence-electron chi connectivity index (χ3n) is 4.12. The lowest BCUT2D eigenvalue weighted by atomic mass is 10.2. The second kappa shape index (κ2) is 4.76. The Labute approximate surface area is 132 Å². The topological polar surface area (TPSA) is 65.7 Å². The number of nitrogens with zero attached hydrogens (tertiary/aromatic N) is 3. The number of aromatic nitrogens is 1. The predicted octanol–water partition coefficient (Wildman–Crippen LogP) is 4.43. The SMILES string of the molecule is Cc1c(C#N)oc(C#N)c1-n1c2ccccc2c2ccccc21. The molecule has 4 nitrogen and oxygen atoms in total. The van der Waals surface area contributed by atoms with Gasteiger partial charge in [-0.3, -0.25) is 0 Å². The molecule has 23 heavy (non-hydrogen) atoms. The van der Waals surface area contributed by atoms with Crippen molar-refractivity contribution in [3.05, 3.63) is 65.6 Å². The first-order valence-corrected chi connectivity index (χ1v) is 7.18. The predicted molar refractivity (Wildman–Crippen MR) is 87.2 cm³/mol. The molecule has 0 saturated carbocycles. The summed E-state index contributed by atoms with van der Waals surface area (Å²) in [6.45, 7) is 1.81. The molecule has 0 saturated heterocycles. The quantitative estimate of drug-likeness (QED) is 0.522. The van der Waals surface area contributed by atoms with Gasteiger partial charge in [-0.05, 0) is 19.1 Å². The average Bonchev–Trinajstić information content (AvgIpc) is 3.09. The number of hydrogen-bond acceptors (Lipinski definition) is 3. The molecule has 0 aliphatic carbocycles. The Morgan fingerprint density at radius 2 is 1.35 bits per heavy atom. The largest absolute Gasteiger partial charge is 0.432 e. The van der Waals surface area contributed by atoms with Crippen LogP contribution in [-0.2, 0) is 0 Å². The van der Waals surface area contributed by atoms with E-state index in [1.807, 2.05) is 54.0 Å². The number of benzene rings is 2. The van der Waals surface area contributed by atoms with Crippen molar-refractivity contribution in [2.24, 2.45) is 0 Å². The average molecular weight is 297 g/mol. The molecule has 4 rings (SSSR count). The maximum absolute atomic E-state index is 9.43. The van der Waals surface area contributed by atoms with Gasteiger partial charge in [0.2, 0.25) is 11.5 Å². The number of nitriles is 2. The van der Waals surface area contributed by atoms with Crippen LogP contribution in [0.5, 0.6) is 0 Å². The van der Waals surface area contributed by atoms with E-state index in [9.17, 15) is 10.5 Å². The van der Waals surface area contributed by atoms with E-state index in [-0.39, 0.29) is 11.5 Å². The molecule has 4 heteroatoms. The fourth-order valence-electron chi connectivity index (χ4n) is 3.12. The summed E-state index contributed by atoms with van der Waals surface area (Å²) >= 11 is 0. The molecule has 2 aromatic heterocycles. The maximum Gasteiger partial charge on any atom is 0.229 e. The highest BCUT2D eigenvalue weighted by atomic mass is 16.3. The van der Waals surface area contributed by atoms with Gasteiger partial charge in [0.25, 0.3) is 0 Å². The molecule has 108 valence electrons. The monoisotopic (exact) mass is 297 g/mol. The van der Waals surface area contributed by atoms with Crippen molar-refractivity contribution in [3.8, 4) is 17.8 Å². The Bertz CT molecular complexity index is 1100. The van der Waals surface area contributed by atoms with Crippen molar-refractivity contribution in [3.63, 3.8) is 0 Å². The molecular weight excluding hydrogens is 286 g/mol. The maximum atomic E-state index is 9.43. The fourth-order valence-corrected chi connectivity index (χ4v) is 3.12. The number of fused-ring (bicyclic) bond motifs is 3. The summed E-state index contributed by atoms with van der Waals surface area (Å²) in [5, 5.41) is 20.8. The van der Waals surface area contributed by atoms with Gasteiger partial charge in [-0.15, -0.1) is 0 Å². The highest BCUT2D eigenvalue weighted by molar-refractivity contribution is 6.09. The fraction of sp³-hybridized carbons (Fsp3) is 0.0526. The Morgan fingerprint density at radius 1 is 0.826 bits per heavy atom. The highest BCUT2D eigenvalue weighted by Gasteiger charge is 2.22. The van der Waals surface area contributed by atoms with Gasteiger partial charge in [0.05, 0.1) is 11.0 Å². The molecule has 0 fully saturated rings. The molecule has 0 N–H and O–H groups in total. The van der Waals surface area contributed by atoms with Gasteiger partial charge in [-0.25, -0.2) is 0 Å². The van der Waals surface area contributed by atoms with Crippen molar-refractivity contribution in [1.29, 1.82) is 10.5 Å². The van der Waals surface area contributed by atoms with Crippen LogP contribution in [0.25, 0.3) is 27.5 Å². The summed E-state index contributed by atoms with van der Waals surface area (Å²) in [6, 6.07) is 20.1. The van der Waals surface area contributed by atoms with E-state index < -0.39 is 0 Å². The number of hydrogen-bond donors (Lipinski definition) is 0. The zero-order chi connectivity index (χ0) is 16.0. The lowest BCUT2D eigenvalue weighted by molar-refractivity contribution is 0.536. The Hall–Kier alpha value is -3.50. The summed E-state index contributed by atoms with van der Waals surface area (Å²) in [5.74, 6) is 0.337. The summed E-state index contributed by atoms with van der Waals surface area (Å²) in [4.78, 5) is 0. The van der Waals surface area contributed by atoms with Gasteiger partial charge in [-0.1, -0.05) is 36.4 Å². The first kappa shape index (κ1) is 13.2. The lowest BCUT2D eigenvalue weighted by Gasteiger charge is -2.06. The van der Waals surface area contributed by atoms with Crippen LogP contribution in [0.3, 0.4) is 0 Å². The van der Waals surface area contributed by atoms with Gasteiger partial charge >= 0.3 is 0 Å². The molecule has 0 aliphatic heterocycles. The van der Waals surface area contributed by atoms with Crippen LogP contribution < -0.4 is 0 Å². The van der Waals surface area contributed by atoms with Crippen LogP contribution in [0.15, 0.2) is 52.9 Å². The van der Waals surface area contributed by atoms with Gasteiger partial charge in [-0.2, -0.15) is 10.5 Å². The Morgan fingerprint density at radius 3 is 1.87 bits per heavy atom. The zero-order valence-corrected chi connectivity index (χ0v) is 12.4. The molecule has 0 radical (unpaired) electrons. The molecule has 0 atom stereocenters. The Balaban J connectivity index is 2.25. The van der Waals surface area contributed by atoms with Crippen molar-refractivity contribution < 1.29 is 4.42 Å². The summed E-state index contributed by atoms with van der Waals surface area (Å²) in [6.07, 6.45) is 0. The third-order valence-corrected chi connectivity index (χ3v) is 4.12. The van der Waals surface area contributed by atoms with Crippen LogP contribution in [0.2, 0.25) is 0 Å². The highest BCUT2D eigenvalue weighted by Crippen LogP contribution is 2.35. The van der Waals surface area contributed by atoms with Gasteiger partial charge in [0.15, 0.2) is 0 Å². The van der Waals surface area contributed by atoms with Gasteiger partial charge < -0.3 is 8.98 Å². The minimum absolute atomic E-state index is 0.158. The lowest BCUT2D eigenvalue weighted by Crippen LogP contribution is -1.96. The molecule has 0 aliphatic rings. The van der Waals surface area contributed by atoms with Crippen LogP contribution in [-0.4, -0.2) is 4.57 Å². The van der Waals surface area contributed by atoms with Crippen LogP contribution in [0.1, 0.15) is 17.1 Å². The minimum Gasteiger partial charge on any atom is -0.432 e.